The number of fused-ring (bicyclic) bond motifs is 3. The van der Waals surface area contributed by atoms with Crippen LogP contribution in [0.1, 0.15) is 11.1 Å². The number of aromatic amines is 1. The van der Waals surface area contributed by atoms with E-state index in [4.69, 9.17) is 0 Å². The first kappa shape index (κ1) is 11.3. The van der Waals surface area contributed by atoms with Crippen LogP contribution in [0, 0.1) is 0 Å². The molecule has 0 radical (unpaired) electrons. The zero-order valence-corrected chi connectivity index (χ0v) is 11.1. The van der Waals surface area contributed by atoms with Crippen LogP contribution >= 0.6 is 0 Å². The Morgan fingerprint density at radius 2 is 1.40 bits per heavy atom. The largest absolute Gasteiger partial charge is 0.355 e. The average Bonchev–Trinajstić information content (AvgIpc) is 2.88. The lowest BCUT2D eigenvalue weighted by molar-refractivity contribution is 1.22. The molecule has 0 aliphatic heterocycles. The number of aromatic nitrogens is 1. The average molecular weight is 257 g/mol. The number of para-hydroxylation sites is 1. The molecule has 0 aliphatic rings. The number of hydrogen-bond acceptors (Lipinski definition) is 0. The molecule has 1 N–H and O–H groups in total. The molecule has 0 unspecified atom stereocenters. The second-order valence-corrected chi connectivity index (χ2v) is 5.17. The second-order valence-electron chi connectivity index (χ2n) is 5.17. The second kappa shape index (κ2) is 4.53. The molecule has 4 rings (SSSR count). The normalized spacial score (nSPS) is 11.2. The van der Waals surface area contributed by atoms with Crippen molar-refractivity contribution in [3.8, 4) is 0 Å². The van der Waals surface area contributed by atoms with E-state index in [1.54, 1.807) is 0 Å². The van der Waals surface area contributed by atoms with E-state index >= 15 is 0 Å². The smallest absolute Gasteiger partial charge is 0.0467 e. The molecule has 96 valence electrons. The van der Waals surface area contributed by atoms with Crippen LogP contribution in [-0.2, 0) is 6.42 Å². The van der Waals surface area contributed by atoms with Gasteiger partial charge in [-0.1, -0.05) is 60.7 Å². The molecular weight excluding hydrogens is 242 g/mol. The molecular formula is C19H15N. The van der Waals surface area contributed by atoms with Crippen molar-refractivity contribution in [2.45, 2.75) is 6.42 Å². The minimum absolute atomic E-state index is 0.972. The zero-order valence-electron chi connectivity index (χ0n) is 11.1. The highest BCUT2D eigenvalue weighted by atomic mass is 14.7. The van der Waals surface area contributed by atoms with Gasteiger partial charge in [0.25, 0.3) is 0 Å². The molecule has 1 heteroatoms. The fourth-order valence-electron chi connectivity index (χ4n) is 2.94. The molecule has 0 saturated carbocycles. The maximum atomic E-state index is 3.50. The minimum Gasteiger partial charge on any atom is -0.355 e. The lowest BCUT2D eigenvalue weighted by atomic mass is 10.00. The van der Waals surface area contributed by atoms with Gasteiger partial charge in [-0.05, 0) is 29.7 Å². The van der Waals surface area contributed by atoms with E-state index in [1.807, 2.05) is 0 Å². The summed E-state index contributed by atoms with van der Waals surface area (Å²) < 4.78 is 0. The molecule has 3 aromatic carbocycles. The summed E-state index contributed by atoms with van der Waals surface area (Å²) in [6.07, 6.45) is 0.972. The van der Waals surface area contributed by atoms with Gasteiger partial charge in [0, 0.05) is 21.8 Å². The lowest BCUT2D eigenvalue weighted by Gasteiger charge is -2.04. The minimum atomic E-state index is 0.972. The van der Waals surface area contributed by atoms with E-state index in [2.05, 4.69) is 77.8 Å². The van der Waals surface area contributed by atoms with Crippen LogP contribution in [0.4, 0.5) is 0 Å². The van der Waals surface area contributed by atoms with Crippen LogP contribution in [0.15, 0.2) is 72.8 Å². The van der Waals surface area contributed by atoms with E-state index in [1.165, 1.54) is 32.9 Å². The number of benzene rings is 3. The summed E-state index contributed by atoms with van der Waals surface area (Å²) in [5.41, 5.74) is 5.17. The molecule has 0 bridgehead atoms. The molecule has 4 aromatic rings. The van der Waals surface area contributed by atoms with E-state index < -0.39 is 0 Å². The highest BCUT2D eigenvalue weighted by molar-refractivity contribution is 6.08. The van der Waals surface area contributed by atoms with Crippen molar-refractivity contribution in [3.63, 3.8) is 0 Å². The molecule has 20 heavy (non-hydrogen) atoms. The summed E-state index contributed by atoms with van der Waals surface area (Å²) in [6.45, 7) is 0. The van der Waals surface area contributed by atoms with Gasteiger partial charge >= 0.3 is 0 Å². The van der Waals surface area contributed by atoms with Gasteiger partial charge < -0.3 is 4.98 Å². The van der Waals surface area contributed by atoms with Crippen molar-refractivity contribution >= 4 is 21.8 Å². The number of H-pyrrole nitrogens is 1. The SMILES string of the molecule is c1ccc(Cc2cccc3[nH]c4ccccc4c23)cc1. The first-order valence-electron chi connectivity index (χ1n) is 6.94. The molecule has 0 aliphatic carbocycles. The molecule has 1 heterocycles. The summed E-state index contributed by atoms with van der Waals surface area (Å²) in [5.74, 6) is 0. The Morgan fingerprint density at radius 3 is 2.30 bits per heavy atom. The Balaban J connectivity index is 1.95. The van der Waals surface area contributed by atoms with Crippen molar-refractivity contribution in [1.29, 1.82) is 0 Å². The maximum Gasteiger partial charge on any atom is 0.0467 e. The van der Waals surface area contributed by atoms with Gasteiger partial charge in [0.2, 0.25) is 0 Å². The van der Waals surface area contributed by atoms with E-state index in [-0.39, 0.29) is 0 Å². The van der Waals surface area contributed by atoms with Gasteiger partial charge in [0.05, 0.1) is 0 Å². The highest BCUT2D eigenvalue weighted by Gasteiger charge is 2.08. The molecule has 1 nitrogen and oxygen atoms in total. The van der Waals surface area contributed by atoms with Crippen LogP contribution in [0.25, 0.3) is 21.8 Å². The van der Waals surface area contributed by atoms with Crippen LogP contribution in [-0.4, -0.2) is 4.98 Å². The van der Waals surface area contributed by atoms with Crippen LogP contribution < -0.4 is 0 Å². The third-order valence-corrected chi connectivity index (χ3v) is 3.85. The lowest BCUT2D eigenvalue weighted by Crippen LogP contribution is -1.88. The maximum absolute atomic E-state index is 3.50. The van der Waals surface area contributed by atoms with Gasteiger partial charge in [0.15, 0.2) is 0 Å². The van der Waals surface area contributed by atoms with Crippen molar-refractivity contribution in [3.05, 3.63) is 83.9 Å². The summed E-state index contributed by atoms with van der Waals surface area (Å²) in [6, 6.07) is 25.7. The van der Waals surface area contributed by atoms with Gasteiger partial charge in [-0.25, -0.2) is 0 Å². The van der Waals surface area contributed by atoms with Gasteiger partial charge in [-0.2, -0.15) is 0 Å². The standard InChI is InChI=1S/C19H15N/c1-2-7-14(8-3-1)13-15-9-6-12-18-19(15)16-10-4-5-11-17(16)20-18/h1-12,20H,13H2. The Kier molecular flexibility index (Phi) is 2.56. The Bertz CT molecular complexity index is 872. The van der Waals surface area contributed by atoms with E-state index in [0.717, 1.165) is 6.42 Å². The first-order valence-corrected chi connectivity index (χ1v) is 6.94. The van der Waals surface area contributed by atoms with Crippen LogP contribution in [0.2, 0.25) is 0 Å². The van der Waals surface area contributed by atoms with Gasteiger partial charge in [0.1, 0.15) is 0 Å². The molecule has 0 amide bonds. The van der Waals surface area contributed by atoms with Crippen LogP contribution in [0.5, 0.6) is 0 Å². The highest BCUT2D eigenvalue weighted by Crippen LogP contribution is 2.29. The van der Waals surface area contributed by atoms with Crippen molar-refractivity contribution < 1.29 is 0 Å². The van der Waals surface area contributed by atoms with Crippen molar-refractivity contribution in [2.75, 3.05) is 0 Å². The number of rotatable bonds is 2. The number of hydrogen-bond donors (Lipinski definition) is 1. The summed E-state index contributed by atoms with van der Waals surface area (Å²) in [5, 5.41) is 2.67. The van der Waals surface area contributed by atoms with Gasteiger partial charge in [-0.3, -0.25) is 0 Å². The molecule has 1 aromatic heterocycles. The monoisotopic (exact) mass is 257 g/mol. The molecule has 0 fully saturated rings. The van der Waals surface area contributed by atoms with E-state index in [0.29, 0.717) is 0 Å². The Labute approximate surface area is 117 Å². The molecule has 0 saturated heterocycles. The van der Waals surface area contributed by atoms with Crippen LogP contribution in [0.3, 0.4) is 0 Å². The predicted molar refractivity (Wildman–Crippen MR) is 85.1 cm³/mol. The molecule has 0 spiro atoms. The van der Waals surface area contributed by atoms with Crippen molar-refractivity contribution in [2.24, 2.45) is 0 Å². The quantitative estimate of drug-likeness (QED) is 0.525. The zero-order chi connectivity index (χ0) is 13.4. The Morgan fingerprint density at radius 1 is 0.650 bits per heavy atom. The first-order chi connectivity index (χ1) is 9.92. The van der Waals surface area contributed by atoms with Gasteiger partial charge in [-0.15, -0.1) is 0 Å². The Hall–Kier alpha value is -2.54. The summed E-state index contributed by atoms with van der Waals surface area (Å²) >= 11 is 0. The molecule has 0 atom stereocenters. The van der Waals surface area contributed by atoms with Crippen molar-refractivity contribution in [1.82, 2.24) is 4.98 Å². The fraction of sp³-hybridized carbons (Fsp3) is 0.0526. The van der Waals surface area contributed by atoms with E-state index in [9.17, 15) is 0 Å². The third-order valence-electron chi connectivity index (χ3n) is 3.85. The third kappa shape index (κ3) is 1.79. The topological polar surface area (TPSA) is 15.8 Å². The summed E-state index contributed by atoms with van der Waals surface area (Å²) in [7, 11) is 0. The summed E-state index contributed by atoms with van der Waals surface area (Å²) in [4.78, 5) is 3.50. The fourth-order valence-corrected chi connectivity index (χ4v) is 2.94. The predicted octanol–water partition coefficient (Wildman–Crippen LogP) is 4.91. The number of nitrogens with one attached hydrogen (secondary N) is 1.